The standard InChI is InChI=1S/C23H26N4O2S/c1-5-25-12-17-11-18(7-9-20(17)24)27-23(28)29-13-21-16(4)26-22(30-21)19-8-6-14(2)10-15(19)3/h6-12H,5,13,24H2,1-4H3,(H,27,28). The van der Waals surface area contributed by atoms with Crippen molar-refractivity contribution in [3.05, 3.63) is 63.7 Å². The van der Waals surface area contributed by atoms with Crippen LogP contribution in [0.5, 0.6) is 0 Å². The summed E-state index contributed by atoms with van der Waals surface area (Å²) in [6.45, 7) is 8.85. The molecule has 1 aromatic heterocycles. The number of amides is 1. The number of rotatable bonds is 6. The number of ether oxygens (including phenoxy) is 1. The van der Waals surface area contributed by atoms with Crippen molar-refractivity contribution in [3.8, 4) is 10.6 Å². The fraction of sp³-hybridized carbons (Fsp3) is 0.261. The van der Waals surface area contributed by atoms with Gasteiger partial charge in [0, 0.05) is 35.3 Å². The summed E-state index contributed by atoms with van der Waals surface area (Å²) in [5, 5.41) is 3.67. The molecule has 3 N–H and O–H groups in total. The summed E-state index contributed by atoms with van der Waals surface area (Å²) >= 11 is 1.54. The van der Waals surface area contributed by atoms with Gasteiger partial charge in [-0.3, -0.25) is 10.3 Å². The molecule has 6 nitrogen and oxygen atoms in total. The fourth-order valence-corrected chi connectivity index (χ4v) is 4.04. The summed E-state index contributed by atoms with van der Waals surface area (Å²) in [5.41, 5.74) is 12.3. The van der Waals surface area contributed by atoms with Crippen molar-refractivity contribution in [1.82, 2.24) is 4.98 Å². The van der Waals surface area contributed by atoms with Crippen LogP contribution >= 0.6 is 11.3 Å². The van der Waals surface area contributed by atoms with E-state index in [4.69, 9.17) is 10.5 Å². The third-order valence-corrected chi connectivity index (χ3v) is 5.75. The van der Waals surface area contributed by atoms with Crippen molar-refractivity contribution in [1.29, 1.82) is 0 Å². The number of benzene rings is 2. The van der Waals surface area contributed by atoms with Gasteiger partial charge in [0.05, 0.1) is 10.6 Å². The van der Waals surface area contributed by atoms with Crippen LogP contribution in [-0.2, 0) is 11.3 Å². The van der Waals surface area contributed by atoms with E-state index in [2.05, 4.69) is 47.3 Å². The smallest absolute Gasteiger partial charge is 0.411 e. The fourth-order valence-electron chi connectivity index (χ4n) is 2.97. The van der Waals surface area contributed by atoms with Gasteiger partial charge in [-0.1, -0.05) is 23.8 Å². The molecule has 7 heteroatoms. The lowest BCUT2D eigenvalue weighted by Gasteiger charge is -2.08. The maximum absolute atomic E-state index is 12.3. The second kappa shape index (κ2) is 9.54. The number of carbonyl (C=O) groups excluding carboxylic acids is 1. The quantitative estimate of drug-likeness (QED) is 0.405. The molecule has 2 aromatic carbocycles. The van der Waals surface area contributed by atoms with Crippen LogP contribution in [0, 0.1) is 20.8 Å². The van der Waals surface area contributed by atoms with Gasteiger partial charge in [-0.05, 0) is 51.5 Å². The molecule has 156 valence electrons. The zero-order valence-electron chi connectivity index (χ0n) is 17.7. The van der Waals surface area contributed by atoms with Gasteiger partial charge in [-0.15, -0.1) is 11.3 Å². The number of hydrogen-bond acceptors (Lipinski definition) is 6. The third kappa shape index (κ3) is 5.24. The highest BCUT2D eigenvalue weighted by molar-refractivity contribution is 7.15. The summed E-state index contributed by atoms with van der Waals surface area (Å²) < 4.78 is 5.42. The molecule has 0 bridgehead atoms. The van der Waals surface area contributed by atoms with Crippen LogP contribution in [0.25, 0.3) is 10.6 Å². The van der Waals surface area contributed by atoms with Crippen molar-refractivity contribution >= 4 is 35.0 Å². The van der Waals surface area contributed by atoms with Gasteiger partial charge >= 0.3 is 6.09 Å². The van der Waals surface area contributed by atoms with E-state index in [1.165, 1.54) is 11.1 Å². The number of aryl methyl sites for hydroxylation is 3. The van der Waals surface area contributed by atoms with Crippen LogP contribution < -0.4 is 11.1 Å². The highest BCUT2D eigenvalue weighted by Crippen LogP contribution is 2.31. The van der Waals surface area contributed by atoms with E-state index < -0.39 is 6.09 Å². The first-order valence-electron chi connectivity index (χ1n) is 9.74. The van der Waals surface area contributed by atoms with Gasteiger partial charge in [0.1, 0.15) is 11.6 Å². The van der Waals surface area contributed by atoms with Gasteiger partial charge in [-0.2, -0.15) is 0 Å². The van der Waals surface area contributed by atoms with Crippen LogP contribution in [0.15, 0.2) is 41.4 Å². The van der Waals surface area contributed by atoms with Gasteiger partial charge in [0.25, 0.3) is 0 Å². The third-order valence-electron chi connectivity index (χ3n) is 4.59. The minimum absolute atomic E-state index is 0.166. The first kappa shape index (κ1) is 21.5. The zero-order valence-corrected chi connectivity index (χ0v) is 18.5. The minimum atomic E-state index is -0.529. The second-order valence-electron chi connectivity index (χ2n) is 7.02. The molecule has 0 atom stereocenters. The molecule has 0 radical (unpaired) electrons. The number of aromatic nitrogens is 1. The van der Waals surface area contributed by atoms with Crippen LogP contribution in [0.4, 0.5) is 16.2 Å². The topological polar surface area (TPSA) is 89.6 Å². The maximum atomic E-state index is 12.3. The van der Waals surface area contributed by atoms with Crippen LogP contribution in [-0.4, -0.2) is 23.8 Å². The van der Waals surface area contributed by atoms with E-state index in [1.807, 2.05) is 13.8 Å². The average molecular weight is 423 g/mol. The molecule has 0 spiro atoms. The number of hydrogen-bond donors (Lipinski definition) is 2. The van der Waals surface area contributed by atoms with E-state index in [0.717, 1.165) is 26.7 Å². The Kier molecular flexibility index (Phi) is 6.84. The second-order valence-corrected chi connectivity index (χ2v) is 8.10. The minimum Gasteiger partial charge on any atom is -0.444 e. The predicted octanol–water partition coefficient (Wildman–Crippen LogP) is 5.51. The van der Waals surface area contributed by atoms with E-state index in [-0.39, 0.29) is 6.61 Å². The molecule has 0 aliphatic heterocycles. The van der Waals surface area contributed by atoms with Crippen molar-refractivity contribution in [2.24, 2.45) is 4.99 Å². The number of nitrogens with zero attached hydrogens (tertiary/aromatic N) is 2. The molecule has 0 unspecified atom stereocenters. The van der Waals surface area contributed by atoms with Crippen molar-refractivity contribution < 1.29 is 9.53 Å². The Bertz CT molecular complexity index is 1090. The SMILES string of the molecule is CCN=Cc1cc(NC(=O)OCc2sc(-c3ccc(C)cc3C)nc2C)ccc1N. The molecule has 3 aromatic rings. The molecule has 3 rings (SSSR count). The molecule has 0 aliphatic rings. The van der Waals surface area contributed by atoms with Crippen molar-refractivity contribution in [2.75, 3.05) is 17.6 Å². The van der Waals surface area contributed by atoms with Crippen LogP contribution in [0.3, 0.4) is 0 Å². The molecule has 0 fully saturated rings. The number of carbonyl (C=O) groups is 1. The van der Waals surface area contributed by atoms with E-state index in [0.29, 0.717) is 17.9 Å². The molecule has 1 amide bonds. The Morgan fingerprint density at radius 3 is 2.77 bits per heavy atom. The largest absolute Gasteiger partial charge is 0.444 e. The Hall–Kier alpha value is -3.19. The lowest BCUT2D eigenvalue weighted by molar-refractivity contribution is 0.156. The monoisotopic (exact) mass is 422 g/mol. The van der Waals surface area contributed by atoms with E-state index in [1.54, 1.807) is 35.8 Å². The normalized spacial score (nSPS) is 11.1. The van der Waals surface area contributed by atoms with Crippen LogP contribution in [0.1, 0.15) is 34.2 Å². The summed E-state index contributed by atoms with van der Waals surface area (Å²) in [6.07, 6.45) is 1.17. The number of nitrogen functional groups attached to an aromatic ring is 1. The highest BCUT2D eigenvalue weighted by atomic mass is 32.1. The van der Waals surface area contributed by atoms with E-state index >= 15 is 0 Å². The molecular weight excluding hydrogens is 396 g/mol. The molecule has 0 saturated heterocycles. The Morgan fingerprint density at radius 2 is 2.03 bits per heavy atom. The summed E-state index contributed by atoms with van der Waals surface area (Å²) in [5.74, 6) is 0. The Labute approximate surface area is 180 Å². The molecular formula is C23H26N4O2S. The average Bonchev–Trinajstić information content (AvgIpc) is 3.07. The number of anilines is 2. The summed E-state index contributed by atoms with van der Waals surface area (Å²) in [6, 6.07) is 11.5. The first-order valence-corrected chi connectivity index (χ1v) is 10.6. The Morgan fingerprint density at radius 1 is 1.23 bits per heavy atom. The summed E-state index contributed by atoms with van der Waals surface area (Å²) in [7, 11) is 0. The Balaban J connectivity index is 1.65. The lowest BCUT2D eigenvalue weighted by Crippen LogP contribution is -2.13. The van der Waals surface area contributed by atoms with Gasteiger partial charge in [0.2, 0.25) is 0 Å². The molecule has 1 heterocycles. The lowest BCUT2D eigenvalue weighted by atomic mass is 10.1. The molecule has 30 heavy (non-hydrogen) atoms. The van der Waals surface area contributed by atoms with Crippen molar-refractivity contribution in [2.45, 2.75) is 34.3 Å². The van der Waals surface area contributed by atoms with Crippen molar-refractivity contribution in [3.63, 3.8) is 0 Å². The maximum Gasteiger partial charge on any atom is 0.411 e. The highest BCUT2D eigenvalue weighted by Gasteiger charge is 2.13. The number of aliphatic imine (C=N–C) groups is 1. The van der Waals surface area contributed by atoms with Gasteiger partial charge < -0.3 is 10.5 Å². The molecule has 0 aliphatic carbocycles. The van der Waals surface area contributed by atoms with Crippen LogP contribution in [0.2, 0.25) is 0 Å². The van der Waals surface area contributed by atoms with Gasteiger partial charge in [-0.25, -0.2) is 9.78 Å². The number of thiazole rings is 1. The summed E-state index contributed by atoms with van der Waals surface area (Å²) in [4.78, 5) is 22.0. The predicted molar refractivity (Wildman–Crippen MR) is 125 cm³/mol. The number of nitrogens with two attached hydrogens (primary N) is 1. The number of nitrogens with one attached hydrogen (secondary N) is 1. The molecule has 0 saturated carbocycles. The first-order chi connectivity index (χ1) is 14.4. The zero-order chi connectivity index (χ0) is 21.7. The van der Waals surface area contributed by atoms with Gasteiger partial charge in [0.15, 0.2) is 0 Å². The van der Waals surface area contributed by atoms with E-state index in [9.17, 15) is 4.79 Å².